The van der Waals surface area contributed by atoms with Crippen LogP contribution in [0.3, 0.4) is 0 Å². The van der Waals surface area contributed by atoms with Gasteiger partial charge in [0.15, 0.2) is 11.5 Å². The molecule has 2 fully saturated rings. The molecule has 9 heteroatoms. The van der Waals surface area contributed by atoms with Crippen LogP contribution in [0.1, 0.15) is 71.4 Å². The number of fused-ring (bicyclic) bond motifs is 2. The van der Waals surface area contributed by atoms with Gasteiger partial charge in [0.25, 0.3) is 11.8 Å². The van der Waals surface area contributed by atoms with Crippen molar-refractivity contribution in [3.8, 4) is 11.3 Å². The number of hydrogen-bond acceptors (Lipinski definition) is 6. The molecule has 0 saturated heterocycles. The first-order chi connectivity index (χ1) is 16.6. The molecule has 1 atom stereocenters. The Balaban J connectivity index is 1.34. The number of rotatable bonds is 5. The van der Waals surface area contributed by atoms with Gasteiger partial charge in [-0.1, -0.05) is 0 Å². The first kappa shape index (κ1) is 22.0. The van der Waals surface area contributed by atoms with Crippen LogP contribution in [0.25, 0.3) is 16.9 Å². The maximum atomic E-state index is 13.1. The number of carbonyl (C=O) groups is 2. The topological polar surface area (TPSA) is 126 Å². The van der Waals surface area contributed by atoms with Crippen molar-refractivity contribution in [3.05, 3.63) is 46.6 Å². The summed E-state index contributed by atoms with van der Waals surface area (Å²) < 4.78 is 1.51. The highest BCUT2D eigenvalue weighted by molar-refractivity contribution is 6.05. The van der Waals surface area contributed by atoms with Crippen molar-refractivity contribution >= 4 is 23.3 Å². The second-order valence-electron chi connectivity index (χ2n) is 10.8. The Bertz CT molecular complexity index is 1390. The fourth-order valence-corrected chi connectivity index (χ4v) is 5.74. The van der Waals surface area contributed by atoms with Gasteiger partial charge in [0.2, 0.25) is 0 Å². The SMILES string of the molecule is Cc1cc(-c2ccn3nc(N)c(C(=O)N[C@]4(C)C[C@@H](O)C4)c3n2)cc2c1C(=O)N(C(C)C1CC1)C2. The number of anilines is 1. The van der Waals surface area contributed by atoms with Gasteiger partial charge in [0.1, 0.15) is 5.56 Å². The minimum absolute atomic E-state index is 0.107. The molecule has 0 bridgehead atoms. The molecule has 2 amide bonds. The van der Waals surface area contributed by atoms with Gasteiger partial charge in [-0.2, -0.15) is 0 Å². The minimum Gasteiger partial charge on any atom is -0.393 e. The molecular weight excluding hydrogens is 444 g/mol. The average Bonchev–Trinajstić information content (AvgIpc) is 3.49. The van der Waals surface area contributed by atoms with Crippen molar-refractivity contribution in [1.29, 1.82) is 0 Å². The minimum atomic E-state index is -0.470. The molecule has 182 valence electrons. The van der Waals surface area contributed by atoms with E-state index in [1.54, 1.807) is 6.20 Å². The van der Waals surface area contributed by atoms with Crippen molar-refractivity contribution in [3.63, 3.8) is 0 Å². The molecule has 3 heterocycles. The van der Waals surface area contributed by atoms with Crippen LogP contribution in [0, 0.1) is 12.8 Å². The van der Waals surface area contributed by atoms with Crippen LogP contribution in [-0.2, 0) is 6.54 Å². The van der Waals surface area contributed by atoms with E-state index >= 15 is 0 Å². The Morgan fingerprint density at radius 1 is 1.31 bits per heavy atom. The lowest BCUT2D eigenvalue weighted by Crippen LogP contribution is -2.57. The number of nitrogen functional groups attached to an aromatic ring is 1. The Morgan fingerprint density at radius 2 is 2.06 bits per heavy atom. The number of aliphatic hydroxyl groups excluding tert-OH is 1. The molecule has 2 aromatic heterocycles. The largest absolute Gasteiger partial charge is 0.393 e. The number of aliphatic hydroxyl groups is 1. The molecular formula is C26H30N6O3. The predicted molar refractivity (Wildman–Crippen MR) is 131 cm³/mol. The van der Waals surface area contributed by atoms with Crippen molar-refractivity contribution in [2.75, 3.05) is 5.73 Å². The quantitative estimate of drug-likeness (QED) is 0.522. The molecule has 35 heavy (non-hydrogen) atoms. The van der Waals surface area contributed by atoms with Crippen molar-refractivity contribution in [2.45, 2.75) is 70.7 Å². The summed E-state index contributed by atoms with van der Waals surface area (Å²) in [7, 11) is 0. The summed E-state index contributed by atoms with van der Waals surface area (Å²) in [5.74, 6) is 0.483. The normalized spacial score (nSPS) is 24.4. The summed E-state index contributed by atoms with van der Waals surface area (Å²) in [6.07, 6.45) is 4.73. The molecule has 3 aromatic rings. The zero-order valence-electron chi connectivity index (χ0n) is 20.2. The van der Waals surface area contributed by atoms with Crippen LogP contribution in [0.15, 0.2) is 24.4 Å². The van der Waals surface area contributed by atoms with E-state index in [-0.39, 0.29) is 29.2 Å². The van der Waals surface area contributed by atoms with Crippen molar-refractivity contribution in [1.82, 2.24) is 24.8 Å². The van der Waals surface area contributed by atoms with E-state index in [4.69, 9.17) is 10.7 Å². The molecule has 2 aliphatic carbocycles. The molecule has 4 N–H and O–H groups in total. The molecule has 2 saturated carbocycles. The number of benzene rings is 1. The molecule has 3 aliphatic rings. The second kappa shape index (κ2) is 7.52. The van der Waals surface area contributed by atoms with E-state index in [2.05, 4.69) is 17.3 Å². The van der Waals surface area contributed by atoms with Gasteiger partial charge in [-0.05, 0) is 81.7 Å². The lowest BCUT2D eigenvalue weighted by atomic mass is 9.76. The molecule has 6 rings (SSSR count). The number of hydrogen-bond donors (Lipinski definition) is 3. The molecule has 0 spiro atoms. The fourth-order valence-electron chi connectivity index (χ4n) is 5.74. The van der Waals surface area contributed by atoms with Gasteiger partial charge in [0.05, 0.1) is 11.8 Å². The average molecular weight is 475 g/mol. The number of nitrogens with zero attached hydrogens (tertiary/aromatic N) is 4. The summed E-state index contributed by atoms with van der Waals surface area (Å²) in [6.45, 7) is 6.63. The first-order valence-corrected chi connectivity index (χ1v) is 12.2. The van der Waals surface area contributed by atoms with Crippen LogP contribution in [-0.4, -0.2) is 54.1 Å². The summed E-state index contributed by atoms with van der Waals surface area (Å²) in [5, 5.41) is 16.9. The van der Waals surface area contributed by atoms with Gasteiger partial charge in [0, 0.05) is 35.4 Å². The highest BCUT2D eigenvalue weighted by Gasteiger charge is 2.42. The van der Waals surface area contributed by atoms with Crippen molar-refractivity contribution < 1.29 is 14.7 Å². The van der Waals surface area contributed by atoms with Gasteiger partial charge < -0.3 is 21.1 Å². The molecule has 1 aliphatic heterocycles. The Morgan fingerprint density at radius 3 is 2.74 bits per heavy atom. The van der Waals surface area contributed by atoms with E-state index in [1.165, 1.54) is 17.4 Å². The standard InChI is InChI=1S/C26H30N6O3/c1-13-8-16(9-17-12-31(25(35)20(13)17)14(2)15-4-5-15)19-6-7-32-23(28-19)21(22(27)30-32)24(34)29-26(3)10-18(33)11-26/h6-9,14-15,18,33H,4-5,10-12H2,1-3H3,(H2,27,30)(H,29,34)/t14?,18-,26-. The van der Waals surface area contributed by atoms with E-state index < -0.39 is 11.6 Å². The highest BCUT2D eigenvalue weighted by atomic mass is 16.3. The van der Waals surface area contributed by atoms with Gasteiger partial charge in [-0.15, -0.1) is 5.10 Å². The number of amides is 2. The molecule has 1 unspecified atom stereocenters. The monoisotopic (exact) mass is 474 g/mol. The van der Waals surface area contributed by atoms with Crippen LogP contribution in [0.5, 0.6) is 0 Å². The van der Waals surface area contributed by atoms with E-state index in [9.17, 15) is 14.7 Å². The third-order valence-electron chi connectivity index (χ3n) is 7.85. The van der Waals surface area contributed by atoms with Crippen molar-refractivity contribution in [2.24, 2.45) is 5.92 Å². The van der Waals surface area contributed by atoms with Gasteiger partial charge in [-0.3, -0.25) is 9.59 Å². The number of aryl methyl sites for hydroxylation is 1. The number of aromatic nitrogens is 3. The maximum Gasteiger partial charge on any atom is 0.259 e. The Labute approximate surface area is 203 Å². The van der Waals surface area contributed by atoms with Crippen LogP contribution >= 0.6 is 0 Å². The predicted octanol–water partition coefficient (Wildman–Crippen LogP) is 2.68. The first-order valence-electron chi connectivity index (χ1n) is 12.2. The van der Waals surface area contributed by atoms with Crippen LogP contribution in [0.4, 0.5) is 5.82 Å². The van der Waals surface area contributed by atoms with Crippen LogP contribution in [0.2, 0.25) is 0 Å². The van der Waals surface area contributed by atoms with E-state index in [1.807, 2.05) is 36.9 Å². The molecule has 0 radical (unpaired) electrons. The highest BCUT2D eigenvalue weighted by Crippen LogP contribution is 2.40. The lowest BCUT2D eigenvalue weighted by Gasteiger charge is -2.43. The number of nitrogens with one attached hydrogen (secondary N) is 1. The second-order valence-corrected chi connectivity index (χ2v) is 10.8. The lowest BCUT2D eigenvalue weighted by molar-refractivity contribution is 0.0128. The maximum absolute atomic E-state index is 13.1. The number of nitrogens with two attached hydrogens (primary N) is 1. The third kappa shape index (κ3) is 3.56. The van der Waals surface area contributed by atoms with E-state index in [0.717, 1.165) is 22.3 Å². The summed E-state index contributed by atoms with van der Waals surface area (Å²) in [6, 6.07) is 6.11. The van der Waals surface area contributed by atoms with E-state index in [0.29, 0.717) is 36.6 Å². The van der Waals surface area contributed by atoms with Crippen LogP contribution < -0.4 is 11.1 Å². The Kier molecular flexibility index (Phi) is 4.73. The Hall–Kier alpha value is -3.46. The third-order valence-corrected chi connectivity index (χ3v) is 7.85. The number of carbonyl (C=O) groups excluding carboxylic acids is 2. The summed E-state index contributed by atoms with van der Waals surface area (Å²) in [4.78, 5) is 33.0. The molecule has 1 aromatic carbocycles. The fraction of sp³-hybridized carbons (Fsp3) is 0.462. The smallest absolute Gasteiger partial charge is 0.259 e. The van der Waals surface area contributed by atoms with Gasteiger partial charge >= 0.3 is 0 Å². The zero-order chi connectivity index (χ0) is 24.6. The summed E-state index contributed by atoms with van der Waals surface area (Å²) >= 11 is 0. The molecule has 9 nitrogen and oxygen atoms in total. The van der Waals surface area contributed by atoms with Gasteiger partial charge in [-0.25, -0.2) is 9.50 Å². The summed E-state index contributed by atoms with van der Waals surface area (Å²) in [5.41, 5.74) is 10.6. The zero-order valence-corrected chi connectivity index (χ0v) is 20.2.